The minimum Gasteiger partial charge on any atom is -0.497 e. The number of nitrogens with one attached hydrogen (secondary N) is 1. The number of anilines is 1. The van der Waals surface area contributed by atoms with E-state index in [0.717, 1.165) is 0 Å². The summed E-state index contributed by atoms with van der Waals surface area (Å²) in [4.78, 5) is 18.4. The third-order valence-electron chi connectivity index (χ3n) is 4.65. The van der Waals surface area contributed by atoms with Crippen LogP contribution in [0.25, 0.3) is 0 Å². The van der Waals surface area contributed by atoms with Gasteiger partial charge in [0.25, 0.3) is 0 Å². The molecule has 0 radical (unpaired) electrons. The zero-order valence-corrected chi connectivity index (χ0v) is 17.2. The summed E-state index contributed by atoms with van der Waals surface area (Å²) in [5.74, 6) is 0.938. The van der Waals surface area contributed by atoms with Gasteiger partial charge < -0.3 is 14.8 Å². The third-order valence-corrected chi connectivity index (χ3v) is 6.54. The molecule has 10 heteroatoms. The van der Waals surface area contributed by atoms with Crippen molar-refractivity contribution in [1.29, 1.82) is 0 Å². The number of aromatic nitrogens is 1. The molecule has 1 aromatic carbocycles. The summed E-state index contributed by atoms with van der Waals surface area (Å²) in [6.07, 6.45) is 2.88. The van der Waals surface area contributed by atoms with Gasteiger partial charge in [0, 0.05) is 44.6 Å². The third kappa shape index (κ3) is 5.03. The molecule has 0 atom stereocenters. The lowest BCUT2D eigenvalue weighted by atomic mass is 10.2. The van der Waals surface area contributed by atoms with E-state index < -0.39 is 10.0 Å². The molecule has 0 bridgehead atoms. The first-order valence-electron chi connectivity index (χ1n) is 9.08. The molecule has 3 rings (SSSR count). The Bertz CT molecular complexity index is 944. The SMILES string of the molecule is COc1ccc(NC(=O)CN2CCN(S(=O)(=O)c3cccnc3)CC2)c(OC)c1. The number of benzene rings is 1. The Balaban J connectivity index is 1.55. The van der Waals surface area contributed by atoms with Gasteiger partial charge in [-0.15, -0.1) is 0 Å². The van der Waals surface area contributed by atoms with E-state index in [-0.39, 0.29) is 17.3 Å². The lowest BCUT2D eigenvalue weighted by molar-refractivity contribution is -0.117. The number of piperazine rings is 1. The second-order valence-corrected chi connectivity index (χ2v) is 8.42. The Morgan fingerprint density at radius 1 is 1.14 bits per heavy atom. The zero-order valence-electron chi connectivity index (χ0n) is 16.4. The number of nitrogens with zero attached hydrogens (tertiary/aromatic N) is 3. The highest BCUT2D eigenvalue weighted by Gasteiger charge is 2.29. The van der Waals surface area contributed by atoms with Crippen LogP contribution in [-0.4, -0.2) is 75.5 Å². The van der Waals surface area contributed by atoms with Crippen LogP contribution in [0.1, 0.15) is 0 Å². The highest BCUT2D eigenvalue weighted by atomic mass is 32.2. The molecule has 1 aromatic heterocycles. The molecule has 1 aliphatic rings. The Morgan fingerprint density at radius 2 is 1.90 bits per heavy atom. The summed E-state index contributed by atoms with van der Waals surface area (Å²) >= 11 is 0. The number of ether oxygens (including phenoxy) is 2. The van der Waals surface area contributed by atoms with Gasteiger partial charge in [0.15, 0.2) is 0 Å². The summed E-state index contributed by atoms with van der Waals surface area (Å²) in [5.41, 5.74) is 0.552. The molecule has 1 fully saturated rings. The van der Waals surface area contributed by atoms with Crippen molar-refractivity contribution in [1.82, 2.24) is 14.2 Å². The summed E-state index contributed by atoms with van der Waals surface area (Å²) in [6.45, 7) is 1.72. The number of amides is 1. The van der Waals surface area contributed by atoms with Crippen LogP contribution in [0.5, 0.6) is 11.5 Å². The summed E-state index contributed by atoms with van der Waals surface area (Å²) in [5, 5.41) is 2.83. The smallest absolute Gasteiger partial charge is 0.244 e. The predicted molar refractivity (Wildman–Crippen MR) is 108 cm³/mol. The van der Waals surface area contributed by atoms with E-state index in [0.29, 0.717) is 43.4 Å². The fraction of sp³-hybridized carbons (Fsp3) is 0.368. The fourth-order valence-corrected chi connectivity index (χ4v) is 4.46. The van der Waals surface area contributed by atoms with Gasteiger partial charge in [-0.3, -0.25) is 14.7 Å². The Morgan fingerprint density at radius 3 is 2.52 bits per heavy atom. The number of methoxy groups -OCH3 is 2. The summed E-state index contributed by atoms with van der Waals surface area (Å²) in [6, 6.07) is 8.27. The van der Waals surface area contributed by atoms with Gasteiger partial charge >= 0.3 is 0 Å². The number of sulfonamides is 1. The lowest BCUT2D eigenvalue weighted by Gasteiger charge is -2.33. The standard InChI is InChI=1S/C19H24N4O5S/c1-27-15-5-6-17(18(12-15)28-2)21-19(24)14-22-8-10-23(11-9-22)29(25,26)16-4-3-7-20-13-16/h3-7,12-13H,8-11,14H2,1-2H3,(H,21,24). The highest BCUT2D eigenvalue weighted by Crippen LogP contribution is 2.29. The maximum absolute atomic E-state index is 12.6. The molecular formula is C19H24N4O5S. The van der Waals surface area contributed by atoms with E-state index in [1.54, 1.807) is 31.4 Å². The molecular weight excluding hydrogens is 396 g/mol. The average molecular weight is 420 g/mol. The quantitative estimate of drug-likeness (QED) is 0.714. The van der Waals surface area contributed by atoms with Gasteiger partial charge in [0.1, 0.15) is 16.4 Å². The number of carbonyl (C=O) groups is 1. The monoisotopic (exact) mass is 420 g/mol. The molecule has 1 aliphatic heterocycles. The van der Waals surface area contributed by atoms with Crippen molar-refractivity contribution in [2.75, 3.05) is 52.3 Å². The summed E-state index contributed by atoms with van der Waals surface area (Å²) in [7, 11) is -0.486. The molecule has 0 aliphatic carbocycles. The molecule has 2 aromatic rings. The first-order chi connectivity index (χ1) is 13.9. The van der Waals surface area contributed by atoms with E-state index in [1.165, 1.54) is 29.9 Å². The van der Waals surface area contributed by atoms with Gasteiger partial charge in [-0.1, -0.05) is 0 Å². The molecule has 0 saturated carbocycles. The maximum Gasteiger partial charge on any atom is 0.244 e. The minimum absolute atomic E-state index is 0.163. The highest BCUT2D eigenvalue weighted by molar-refractivity contribution is 7.89. The van der Waals surface area contributed by atoms with Crippen molar-refractivity contribution in [3.8, 4) is 11.5 Å². The number of carbonyl (C=O) groups excluding carboxylic acids is 1. The van der Waals surface area contributed by atoms with Crippen molar-refractivity contribution in [2.24, 2.45) is 0 Å². The Kier molecular flexibility index (Phi) is 6.68. The van der Waals surface area contributed by atoms with Crippen LogP contribution < -0.4 is 14.8 Å². The second-order valence-electron chi connectivity index (χ2n) is 6.48. The Hall–Kier alpha value is -2.69. The van der Waals surface area contributed by atoms with Crippen LogP contribution in [0, 0.1) is 0 Å². The minimum atomic E-state index is -3.56. The van der Waals surface area contributed by atoms with Crippen molar-refractivity contribution >= 4 is 21.6 Å². The first kappa shape index (κ1) is 21.0. The molecule has 29 heavy (non-hydrogen) atoms. The number of hydrogen-bond donors (Lipinski definition) is 1. The van der Waals surface area contributed by atoms with Gasteiger partial charge in [0.2, 0.25) is 15.9 Å². The number of rotatable bonds is 7. The molecule has 156 valence electrons. The predicted octanol–water partition coefficient (Wildman–Crippen LogP) is 1.04. The molecule has 9 nitrogen and oxygen atoms in total. The lowest BCUT2D eigenvalue weighted by Crippen LogP contribution is -2.50. The van der Waals surface area contributed by atoms with Crippen LogP contribution in [-0.2, 0) is 14.8 Å². The van der Waals surface area contributed by atoms with E-state index in [4.69, 9.17) is 9.47 Å². The molecule has 2 heterocycles. The zero-order chi connectivity index (χ0) is 20.9. The van der Waals surface area contributed by atoms with E-state index in [1.807, 2.05) is 4.90 Å². The van der Waals surface area contributed by atoms with Gasteiger partial charge in [-0.2, -0.15) is 4.31 Å². The van der Waals surface area contributed by atoms with Crippen molar-refractivity contribution < 1.29 is 22.7 Å². The molecule has 1 saturated heterocycles. The van der Waals surface area contributed by atoms with Crippen molar-refractivity contribution in [3.63, 3.8) is 0 Å². The topological polar surface area (TPSA) is 101 Å². The fourth-order valence-electron chi connectivity index (χ4n) is 3.07. The molecule has 1 amide bonds. The molecule has 0 unspecified atom stereocenters. The van der Waals surface area contributed by atoms with Crippen LogP contribution in [0.15, 0.2) is 47.6 Å². The number of hydrogen-bond acceptors (Lipinski definition) is 7. The van der Waals surface area contributed by atoms with Crippen LogP contribution in [0.4, 0.5) is 5.69 Å². The van der Waals surface area contributed by atoms with Crippen molar-refractivity contribution in [3.05, 3.63) is 42.7 Å². The van der Waals surface area contributed by atoms with E-state index in [9.17, 15) is 13.2 Å². The average Bonchev–Trinajstić information content (AvgIpc) is 2.75. The largest absolute Gasteiger partial charge is 0.497 e. The van der Waals surface area contributed by atoms with E-state index in [2.05, 4.69) is 10.3 Å². The van der Waals surface area contributed by atoms with Crippen LogP contribution >= 0.6 is 0 Å². The Labute approximate surface area is 170 Å². The maximum atomic E-state index is 12.6. The van der Waals surface area contributed by atoms with Gasteiger partial charge in [-0.05, 0) is 24.3 Å². The summed E-state index contributed by atoms with van der Waals surface area (Å²) < 4.78 is 37.1. The normalized spacial score (nSPS) is 15.7. The molecule has 0 spiro atoms. The van der Waals surface area contributed by atoms with Crippen molar-refractivity contribution in [2.45, 2.75) is 4.90 Å². The van der Waals surface area contributed by atoms with Gasteiger partial charge in [0.05, 0.1) is 26.5 Å². The van der Waals surface area contributed by atoms with Gasteiger partial charge in [-0.25, -0.2) is 8.42 Å². The van der Waals surface area contributed by atoms with Crippen LogP contribution in [0.2, 0.25) is 0 Å². The van der Waals surface area contributed by atoms with E-state index >= 15 is 0 Å². The second kappa shape index (κ2) is 9.21. The number of pyridine rings is 1. The molecule has 1 N–H and O–H groups in total. The van der Waals surface area contributed by atoms with Crippen LogP contribution in [0.3, 0.4) is 0 Å². The first-order valence-corrected chi connectivity index (χ1v) is 10.5.